The Hall–Kier alpha value is -1.59. The zero-order valence-electron chi connectivity index (χ0n) is 10.1. The van der Waals surface area contributed by atoms with E-state index in [9.17, 15) is 4.79 Å². The van der Waals surface area contributed by atoms with Crippen molar-refractivity contribution in [2.75, 3.05) is 11.1 Å². The second-order valence-electron chi connectivity index (χ2n) is 3.81. The maximum Gasteiger partial charge on any atom is 0.227 e. The van der Waals surface area contributed by atoms with Crippen LogP contribution in [-0.2, 0) is 11.3 Å². The van der Waals surface area contributed by atoms with Gasteiger partial charge in [-0.2, -0.15) is 0 Å². The summed E-state index contributed by atoms with van der Waals surface area (Å²) in [6, 6.07) is 11.2. The van der Waals surface area contributed by atoms with E-state index in [1.165, 1.54) is 11.8 Å². The fourth-order valence-electron chi connectivity index (χ4n) is 1.52. The minimum atomic E-state index is -0.336. The highest BCUT2D eigenvalue weighted by Crippen LogP contribution is 2.27. The topological polar surface area (TPSA) is 68.3 Å². The van der Waals surface area contributed by atoms with E-state index in [0.29, 0.717) is 11.8 Å². The molecule has 0 saturated carbocycles. The fourth-order valence-corrected chi connectivity index (χ4v) is 2.45. The number of furan rings is 1. The van der Waals surface area contributed by atoms with Crippen LogP contribution in [0.3, 0.4) is 0 Å². The number of anilines is 1. The second kappa shape index (κ2) is 6.54. The van der Waals surface area contributed by atoms with E-state index in [1.807, 2.05) is 30.3 Å². The van der Waals surface area contributed by atoms with Crippen LogP contribution in [0.4, 0.5) is 5.69 Å². The van der Waals surface area contributed by atoms with Gasteiger partial charge in [0.25, 0.3) is 0 Å². The average Bonchev–Trinajstić information content (AvgIpc) is 2.80. The Kier molecular flexibility index (Phi) is 4.76. The zero-order chi connectivity index (χ0) is 13.7. The second-order valence-corrected chi connectivity index (χ2v) is 5.20. The van der Waals surface area contributed by atoms with Gasteiger partial charge in [-0.25, -0.2) is 0 Å². The third-order valence-electron chi connectivity index (χ3n) is 2.34. The van der Waals surface area contributed by atoms with Crippen LogP contribution in [-0.4, -0.2) is 11.7 Å². The molecule has 0 fully saturated rings. The number of carbonyl (C=O) groups is 1. The highest BCUT2D eigenvalue weighted by atomic mass is 35.5. The molecule has 19 heavy (non-hydrogen) atoms. The number of nitrogens with one attached hydrogen (secondary N) is 1. The van der Waals surface area contributed by atoms with Gasteiger partial charge < -0.3 is 15.5 Å². The molecule has 0 unspecified atom stereocenters. The summed E-state index contributed by atoms with van der Waals surface area (Å²) in [5.74, 6) is 0.669. The minimum Gasteiger partial charge on any atom is -0.448 e. The molecular formula is C13H13ClN2O2S. The Bertz CT molecular complexity index is 571. The van der Waals surface area contributed by atoms with E-state index in [1.54, 1.807) is 6.07 Å². The van der Waals surface area contributed by atoms with Gasteiger partial charge >= 0.3 is 0 Å². The molecule has 3 N–H and O–H groups in total. The lowest BCUT2D eigenvalue weighted by Gasteiger charge is -2.09. The van der Waals surface area contributed by atoms with Gasteiger partial charge in [0, 0.05) is 10.6 Å². The first-order valence-electron chi connectivity index (χ1n) is 5.63. The van der Waals surface area contributed by atoms with E-state index >= 15 is 0 Å². The van der Waals surface area contributed by atoms with Crippen molar-refractivity contribution in [3.63, 3.8) is 0 Å². The Morgan fingerprint density at radius 3 is 2.79 bits per heavy atom. The highest BCUT2D eigenvalue weighted by molar-refractivity contribution is 8.00. The average molecular weight is 297 g/mol. The van der Waals surface area contributed by atoms with E-state index in [4.69, 9.17) is 21.8 Å². The van der Waals surface area contributed by atoms with E-state index in [2.05, 4.69) is 5.32 Å². The first-order valence-corrected chi connectivity index (χ1v) is 7.00. The molecule has 0 aliphatic rings. The molecule has 1 aromatic heterocycles. The van der Waals surface area contributed by atoms with Crippen LogP contribution in [0, 0.1) is 0 Å². The molecular weight excluding hydrogens is 284 g/mol. The van der Waals surface area contributed by atoms with Gasteiger partial charge in [0.15, 0.2) is 5.22 Å². The Balaban J connectivity index is 2.01. The third-order valence-corrected chi connectivity index (χ3v) is 3.64. The van der Waals surface area contributed by atoms with E-state index in [-0.39, 0.29) is 11.7 Å². The van der Waals surface area contributed by atoms with Gasteiger partial charge in [-0.15, -0.1) is 11.8 Å². The van der Waals surface area contributed by atoms with Gasteiger partial charge in [-0.1, -0.05) is 12.1 Å². The monoisotopic (exact) mass is 296 g/mol. The first kappa shape index (κ1) is 13.8. The van der Waals surface area contributed by atoms with Crippen molar-refractivity contribution in [2.45, 2.75) is 11.4 Å². The molecule has 2 rings (SSSR count). The molecule has 6 heteroatoms. The van der Waals surface area contributed by atoms with Crippen LogP contribution in [0.1, 0.15) is 5.76 Å². The van der Waals surface area contributed by atoms with Crippen molar-refractivity contribution < 1.29 is 9.21 Å². The first-order chi connectivity index (χ1) is 9.15. The van der Waals surface area contributed by atoms with Crippen molar-refractivity contribution in [1.29, 1.82) is 0 Å². The summed E-state index contributed by atoms with van der Waals surface area (Å²) in [4.78, 5) is 11.8. The lowest BCUT2D eigenvalue weighted by atomic mass is 10.3. The summed E-state index contributed by atoms with van der Waals surface area (Å²) >= 11 is 7.11. The summed E-state index contributed by atoms with van der Waals surface area (Å²) in [6.07, 6.45) is 0. The maximum atomic E-state index is 10.8. The number of thioether (sulfide) groups is 1. The van der Waals surface area contributed by atoms with Gasteiger partial charge in [-0.3, -0.25) is 4.79 Å². The predicted octanol–water partition coefficient (Wildman–Crippen LogP) is 3.12. The number of rotatable bonds is 6. The van der Waals surface area contributed by atoms with Crippen LogP contribution in [0.15, 0.2) is 45.7 Å². The van der Waals surface area contributed by atoms with Crippen LogP contribution in [0.5, 0.6) is 0 Å². The smallest absolute Gasteiger partial charge is 0.227 e. The number of hydrogen-bond acceptors (Lipinski definition) is 4. The molecule has 0 spiro atoms. The molecule has 0 bridgehead atoms. The molecule has 0 radical (unpaired) electrons. The number of nitrogens with two attached hydrogens (primary N) is 1. The molecule has 1 aromatic carbocycles. The maximum absolute atomic E-state index is 10.8. The zero-order valence-corrected chi connectivity index (χ0v) is 11.6. The minimum absolute atomic E-state index is 0.255. The third kappa shape index (κ3) is 4.22. The molecule has 1 amide bonds. The Morgan fingerprint density at radius 1 is 1.32 bits per heavy atom. The number of para-hydroxylation sites is 1. The SMILES string of the molecule is NC(=O)CSc1ccccc1NCc1ccc(Cl)o1. The van der Waals surface area contributed by atoms with Crippen molar-refractivity contribution in [1.82, 2.24) is 0 Å². The van der Waals surface area contributed by atoms with Crippen molar-refractivity contribution in [2.24, 2.45) is 5.73 Å². The van der Waals surface area contributed by atoms with Crippen molar-refractivity contribution in [3.8, 4) is 0 Å². The quantitative estimate of drug-likeness (QED) is 0.804. The molecule has 0 aliphatic heterocycles. The fraction of sp³-hybridized carbons (Fsp3) is 0.154. The lowest BCUT2D eigenvalue weighted by Crippen LogP contribution is -2.13. The Morgan fingerprint density at radius 2 is 2.11 bits per heavy atom. The summed E-state index contributed by atoms with van der Waals surface area (Å²) in [5.41, 5.74) is 6.08. The molecule has 100 valence electrons. The Labute approximate surface area is 120 Å². The number of primary amides is 1. The van der Waals surface area contributed by atoms with E-state index in [0.717, 1.165) is 16.3 Å². The number of carbonyl (C=O) groups excluding carboxylic acids is 1. The summed E-state index contributed by atoms with van der Waals surface area (Å²) in [5, 5.41) is 3.61. The van der Waals surface area contributed by atoms with Crippen LogP contribution in [0.2, 0.25) is 5.22 Å². The predicted molar refractivity (Wildman–Crippen MR) is 77.4 cm³/mol. The molecule has 1 heterocycles. The van der Waals surface area contributed by atoms with Crippen molar-refractivity contribution in [3.05, 3.63) is 47.4 Å². The number of halogens is 1. The highest BCUT2D eigenvalue weighted by Gasteiger charge is 2.05. The number of benzene rings is 1. The number of hydrogen-bond donors (Lipinski definition) is 2. The van der Waals surface area contributed by atoms with Gasteiger partial charge in [0.1, 0.15) is 5.76 Å². The molecule has 0 atom stereocenters. The van der Waals surface area contributed by atoms with E-state index < -0.39 is 0 Å². The molecule has 0 saturated heterocycles. The van der Waals surface area contributed by atoms with Gasteiger partial charge in [0.05, 0.1) is 12.3 Å². The number of amides is 1. The van der Waals surface area contributed by atoms with Gasteiger partial charge in [-0.05, 0) is 35.9 Å². The standard InChI is InChI=1S/C13H13ClN2O2S/c14-12-6-5-9(18-12)7-16-10-3-1-2-4-11(10)19-8-13(15)17/h1-6,16H,7-8H2,(H2,15,17). The largest absolute Gasteiger partial charge is 0.448 e. The van der Waals surface area contributed by atoms with Crippen LogP contribution in [0.25, 0.3) is 0 Å². The molecule has 2 aromatic rings. The van der Waals surface area contributed by atoms with Crippen LogP contribution >= 0.6 is 23.4 Å². The molecule has 4 nitrogen and oxygen atoms in total. The summed E-state index contributed by atoms with van der Waals surface area (Å²) in [6.45, 7) is 0.529. The lowest BCUT2D eigenvalue weighted by molar-refractivity contribution is -0.115. The van der Waals surface area contributed by atoms with Gasteiger partial charge in [0.2, 0.25) is 5.91 Å². The summed E-state index contributed by atoms with van der Waals surface area (Å²) < 4.78 is 5.27. The van der Waals surface area contributed by atoms with Crippen LogP contribution < -0.4 is 11.1 Å². The van der Waals surface area contributed by atoms with Crippen molar-refractivity contribution >= 4 is 35.0 Å². The summed E-state index contributed by atoms with van der Waals surface area (Å²) in [7, 11) is 0. The normalized spacial score (nSPS) is 10.4. The molecule has 0 aliphatic carbocycles.